The van der Waals surface area contributed by atoms with E-state index in [0.29, 0.717) is 23.4 Å². The van der Waals surface area contributed by atoms with Crippen molar-refractivity contribution in [3.8, 4) is 0 Å². The molecule has 0 radical (unpaired) electrons. The van der Waals surface area contributed by atoms with Crippen molar-refractivity contribution < 1.29 is 9.18 Å². The largest absolute Gasteiger partial charge is 0.348 e. The molecule has 1 aliphatic heterocycles. The van der Waals surface area contributed by atoms with Crippen LogP contribution in [0.1, 0.15) is 24.4 Å². The van der Waals surface area contributed by atoms with Gasteiger partial charge in [0.05, 0.1) is 6.04 Å². The Hall–Kier alpha value is -1.13. The Kier molecular flexibility index (Phi) is 3.12. The van der Waals surface area contributed by atoms with Crippen molar-refractivity contribution in [1.82, 2.24) is 5.32 Å². The van der Waals surface area contributed by atoms with Crippen LogP contribution < -0.4 is 11.1 Å². The number of benzene rings is 1. The molecule has 2 rings (SSSR count). The lowest BCUT2D eigenvalue weighted by Crippen LogP contribution is -2.45. The van der Waals surface area contributed by atoms with Crippen molar-refractivity contribution in [3.05, 3.63) is 34.6 Å². The van der Waals surface area contributed by atoms with Gasteiger partial charge in [-0.1, -0.05) is 17.7 Å². The molecule has 0 aromatic heterocycles. The van der Waals surface area contributed by atoms with E-state index in [9.17, 15) is 9.18 Å². The molecule has 1 aromatic carbocycles. The molecular formula is C11H12ClFN2O. The van der Waals surface area contributed by atoms with Gasteiger partial charge in [0.1, 0.15) is 5.82 Å². The van der Waals surface area contributed by atoms with Crippen molar-refractivity contribution in [1.29, 1.82) is 0 Å². The predicted octanol–water partition coefficient (Wildman–Crippen LogP) is 1.76. The van der Waals surface area contributed by atoms with E-state index in [-0.39, 0.29) is 18.0 Å². The minimum Gasteiger partial charge on any atom is -0.348 e. The lowest BCUT2D eigenvalue weighted by Gasteiger charge is -2.30. The highest BCUT2D eigenvalue weighted by Crippen LogP contribution is 2.29. The predicted molar refractivity (Wildman–Crippen MR) is 59.5 cm³/mol. The standard InChI is InChI=1S/C11H12ClFN2O/c12-8-5-6(13)1-2-7(8)11-9(14)3-4-10(16)15-11/h1-2,5,9,11H,3-4,14H2,(H,15,16). The maximum absolute atomic E-state index is 12.9. The first-order chi connectivity index (χ1) is 7.58. The Morgan fingerprint density at radius 2 is 2.25 bits per heavy atom. The van der Waals surface area contributed by atoms with Crippen molar-refractivity contribution in [2.24, 2.45) is 5.73 Å². The van der Waals surface area contributed by atoms with Gasteiger partial charge in [-0.15, -0.1) is 0 Å². The first kappa shape index (κ1) is 11.4. The molecule has 1 saturated heterocycles. The second kappa shape index (κ2) is 4.39. The quantitative estimate of drug-likeness (QED) is 0.789. The van der Waals surface area contributed by atoms with Gasteiger partial charge in [0.25, 0.3) is 0 Å². The average molecular weight is 243 g/mol. The van der Waals surface area contributed by atoms with Crippen molar-refractivity contribution in [2.75, 3.05) is 0 Å². The highest BCUT2D eigenvalue weighted by atomic mass is 35.5. The SMILES string of the molecule is NC1CCC(=O)NC1c1ccc(F)cc1Cl. The number of rotatable bonds is 1. The zero-order chi connectivity index (χ0) is 11.7. The summed E-state index contributed by atoms with van der Waals surface area (Å²) in [5, 5.41) is 3.07. The molecule has 1 amide bonds. The zero-order valence-corrected chi connectivity index (χ0v) is 9.30. The lowest BCUT2D eigenvalue weighted by molar-refractivity contribution is -0.123. The molecule has 3 nitrogen and oxygen atoms in total. The number of hydrogen-bond acceptors (Lipinski definition) is 2. The van der Waals surface area contributed by atoms with E-state index in [0.717, 1.165) is 0 Å². The van der Waals surface area contributed by atoms with Crippen molar-refractivity contribution >= 4 is 17.5 Å². The normalized spacial score (nSPS) is 25.3. The minimum absolute atomic E-state index is 0.0490. The number of piperidine rings is 1. The fraction of sp³-hybridized carbons (Fsp3) is 0.364. The van der Waals surface area contributed by atoms with Crippen LogP contribution in [0.5, 0.6) is 0 Å². The van der Waals surface area contributed by atoms with Crippen molar-refractivity contribution in [2.45, 2.75) is 24.9 Å². The van der Waals surface area contributed by atoms with Gasteiger partial charge in [-0.25, -0.2) is 4.39 Å². The van der Waals surface area contributed by atoms with Crippen LogP contribution in [0.15, 0.2) is 18.2 Å². The van der Waals surface area contributed by atoms with E-state index >= 15 is 0 Å². The lowest BCUT2D eigenvalue weighted by atomic mass is 9.92. The molecular weight excluding hydrogens is 231 g/mol. The molecule has 3 N–H and O–H groups in total. The molecule has 1 aliphatic rings. The minimum atomic E-state index is -0.399. The summed E-state index contributed by atoms with van der Waals surface area (Å²) >= 11 is 5.93. The summed E-state index contributed by atoms with van der Waals surface area (Å²) in [7, 11) is 0. The molecule has 1 aromatic rings. The van der Waals surface area contributed by atoms with Gasteiger partial charge >= 0.3 is 0 Å². The number of halogens is 2. The molecule has 2 atom stereocenters. The summed E-state index contributed by atoms with van der Waals surface area (Å²) < 4.78 is 12.9. The second-order valence-corrected chi connectivity index (χ2v) is 4.32. The molecule has 1 fully saturated rings. The van der Waals surface area contributed by atoms with Gasteiger partial charge in [-0.2, -0.15) is 0 Å². The third-order valence-electron chi connectivity index (χ3n) is 2.75. The Bertz CT molecular complexity index is 424. The molecule has 0 aliphatic carbocycles. The third-order valence-corrected chi connectivity index (χ3v) is 3.07. The molecule has 5 heteroatoms. The van der Waals surface area contributed by atoms with Crippen LogP contribution in [0.25, 0.3) is 0 Å². The number of nitrogens with one attached hydrogen (secondary N) is 1. The first-order valence-electron chi connectivity index (χ1n) is 5.08. The number of carbonyl (C=O) groups is 1. The summed E-state index contributed by atoms with van der Waals surface area (Å²) in [5.41, 5.74) is 6.58. The summed E-state index contributed by atoms with van der Waals surface area (Å²) in [4.78, 5) is 11.3. The number of nitrogens with two attached hydrogens (primary N) is 1. The van der Waals surface area contributed by atoms with E-state index in [1.165, 1.54) is 12.1 Å². The molecule has 86 valence electrons. The van der Waals surface area contributed by atoms with E-state index in [4.69, 9.17) is 17.3 Å². The smallest absolute Gasteiger partial charge is 0.220 e. The highest BCUT2D eigenvalue weighted by molar-refractivity contribution is 6.31. The van der Waals surface area contributed by atoms with Crippen molar-refractivity contribution in [3.63, 3.8) is 0 Å². The van der Waals surface area contributed by atoms with Crippen LogP contribution >= 0.6 is 11.6 Å². The van der Waals surface area contributed by atoms with E-state index in [1.54, 1.807) is 6.07 Å². The molecule has 0 saturated carbocycles. The number of carbonyl (C=O) groups excluding carboxylic acids is 1. The average Bonchev–Trinajstić information content (AvgIpc) is 2.22. The summed E-state index contributed by atoms with van der Waals surface area (Å²) in [6.07, 6.45) is 1.04. The van der Waals surface area contributed by atoms with Crippen LogP contribution in [-0.4, -0.2) is 11.9 Å². The molecule has 2 unspecified atom stereocenters. The summed E-state index contributed by atoms with van der Waals surface area (Å²) in [6, 6.07) is 3.60. The number of hydrogen-bond donors (Lipinski definition) is 2. The van der Waals surface area contributed by atoms with Gasteiger partial charge in [0.2, 0.25) is 5.91 Å². The molecule has 1 heterocycles. The fourth-order valence-corrected chi connectivity index (χ4v) is 2.16. The Balaban J connectivity index is 2.31. The molecule has 0 spiro atoms. The monoisotopic (exact) mass is 242 g/mol. The topological polar surface area (TPSA) is 55.1 Å². The van der Waals surface area contributed by atoms with Crippen LogP contribution in [0, 0.1) is 5.82 Å². The molecule has 16 heavy (non-hydrogen) atoms. The van der Waals surface area contributed by atoms with Crippen LogP contribution in [-0.2, 0) is 4.79 Å². The van der Waals surface area contributed by atoms with E-state index in [1.807, 2.05) is 0 Å². The van der Waals surface area contributed by atoms with E-state index in [2.05, 4.69) is 5.32 Å². The van der Waals surface area contributed by atoms with Gasteiger partial charge < -0.3 is 11.1 Å². The zero-order valence-electron chi connectivity index (χ0n) is 8.54. The van der Waals surface area contributed by atoms with Crippen LogP contribution in [0.4, 0.5) is 4.39 Å². The van der Waals surface area contributed by atoms with Crippen LogP contribution in [0.2, 0.25) is 5.02 Å². The number of amides is 1. The van der Waals surface area contributed by atoms with Gasteiger partial charge in [0.15, 0.2) is 0 Å². The van der Waals surface area contributed by atoms with Gasteiger partial charge in [-0.3, -0.25) is 4.79 Å². The maximum atomic E-state index is 12.9. The highest BCUT2D eigenvalue weighted by Gasteiger charge is 2.28. The maximum Gasteiger partial charge on any atom is 0.220 e. The van der Waals surface area contributed by atoms with E-state index < -0.39 is 5.82 Å². The summed E-state index contributed by atoms with van der Waals surface area (Å²) in [5.74, 6) is -0.448. The third kappa shape index (κ3) is 2.18. The first-order valence-corrected chi connectivity index (χ1v) is 5.45. The molecule has 0 bridgehead atoms. The Morgan fingerprint density at radius 3 is 2.94 bits per heavy atom. The second-order valence-electron chi connectivity index (χ2n) is 3.91. The Labute approximate surface area is 97.8 Å². The fourth-order valence-electron chi connectivity index (χ4n) is 1.88. The van der Waals surface area contributed by atoms with Gasteiger partial charge in [-0.05, 0) is 24.1 Å². The van der Waals surface area contributed by atoms with Crippen LogP contribution in [0.3, 0.4) is 0 Å². The van der Waals surface area contributed by atoms with Gasteiger partial charge in [0, 0.05) is 17.5 Å². The Morgan fingerprint density at radius 1 is 1.50 bits per heavy atom. The summed E-state index contributed by atoms with van der Waals surface area (Å²) in [6.45, 7) is 0.